The Hall–Kier alpha value is -1.30. The van der Waals surface area contributed by atoms with Gasteiger partial charge in [0.15, 0.2) is 5.11 Å². The molecule has 0 fully saturated rings. The number of ketones is 1. The minimum absolute atomic E-state index is 0.155. The van der Waals surface area contributed by atoms with Crippen molar-refractivity contribution in [3.05, 3.63) is 0 Å². The van der Waals surface area contributed by atoms with Crippen LogP contribution in [-0.4, -0.2) is 27.5 Å². The summed E-state index contributed by atoms with van der Waals surface area (Å²) in [7, 11) is 0. The van der Waals surface area contributed by atoms with E-state index in [1.165, 1.54) is 6.92 Å². The first-order chi connectivity index (χ1) is 6.34. The van der Waals surface area contributed by atoms with Crippen LogP contribution in [0.4, 0.5) is 0 Å². The van der Waals surface area contributed by atoms with Crippen molar-refractivity contribution in [3.8, 4) is 0 Å². The summed E-state index contributed by atoms with van der Waals surface area (Å²) in [6.45, 7) is 4.72. The van der Waals surface area contributed by atoms with E-state index < -0.39 is 5.91 Å². The number of hydrazone groups is 1. The highest BCUT2D eigenvalue weighted by atomic mass is 32.1. The lowest BCUT2D eigenvalue weighted by Gasteiger charge is -2.14. The van der Waals surface area contributed by atoms with Crippen LogP contribution in [0.15, 0.2) is 5.10 Å². The van der Waals surface area contributed by atoms with E-state index in [1.54, 1.807) is 13.8 Å². The van der Waals surface area contributed by atoms with Crippen molar-refractivity contribution in [3.63, 3.8) is 0 Å². The Morgan fingerprint density at radius 1 is 1.36 bits per heavy atom. The van der Waals surface area contributed by atoms with Crippen LogP contribution in [0.1, 0.15) is 27.2 Å². The molecular weight excluding hydrogens is 202 g/mol. The number of carbonyl (C=O) groups excluding carboxylic acids is 2. The van der Waals surface area contributed by atoms with Gasteiger partial charge in [-0.05, 0) is 33.0 Å². The number of nitrogens with zero attached hydrogens (tertiary/aromatic N) is 2. The van der Waals surface area contributed by atoms with Crippen LogP contribution in [0, 0.1) is 0 Å². The van der Waals surface area contributed by atoms with Crippen molar-refractivity contribution < 1.29 is 9.59 Å². The van der Waals surface area contributed by atoms with E-state index in [0.29, 0.717) is 5.71 Å². The SMILES string of the molecule is CC(=O)CC(=O)N(N=C(C)C)C(N)=S. The topological polar surface area (TPSA) is 75.8 Å². The maximum atomic E-state index is 11.4. The lowest BCUT2D eigenvalue weighted by molar-refractivity contribution is -0.131. The highest BCUT2D eigenvalue weighted by Gasteiger charge is 2.16. The van der Waals surface area contributed by atoms with E-state index >= 15 is 0 Å². The van der Waals surface area contributed by atoms with E-state index in [2.05, 4.69) is 17.3 Å². The van der Waals surface area contributed by atoms with Gasteiger partial charge in [-0.15, -0.1) is 0 Å². The lowest BCUT2D eigenvalue weighted by Crippen LogP contribution is -2.37. The van der Waals surface area contributed by atoms with Crippen molar-refractivity contribution in [1.29, 1.82) is 0 Å². The number of carbonyl (C=O) groups is 2. The third-order valence-corrected chi connectivity index (χ3v) is 1.32. The first-order valence-corrected chi connectivity index (χ1v) is 4.39. The Labute approximate surface area is 87.9 Å². The fourth-order valence-corrected chi connectivity index (χ4v) is 0.858. The summed E-state index contributed by atoms with van der Waals surface area (Å²) < 4.78 is 0. The molecule has 0 aromatic heterocycles. The molecule has 0 aliphatic heterocycles. The normalized spacial score (nSPS) is 9.07. The molecule has 0 saturated carbocycles. The van der Waals surface area contributed by atoms with Crippen molar-refractivity contribution in [1.82, 2.24) is 5.01 Å². The average Bonchev–Trinajstić information content (AvgIpc) is 1.97. The first kappa shape index (κ1) is 12.7. The van der Waals surface area contributed by atoms with Crippen molar-refractivity contribution in [2.24, 2.45) is 10.8 Å². The quantitative estimate of drug-likeness (QED) is 0.320. The minimum atomic E-state index is -0.508. The zero-order chi connectivity index (χ0) is 11.3. The predicted molar refractivity (Wildman–Crippen MR) is 57.7 cm³/mol. The van der Waals surface area contributed by atoms with E-state index in [0.717, 1.165) is 5.01 Å². The second-order valence-corrected chi connectivity index (χ2v) is 3.39. The number of rotatable bonds is 3. The summed E-state index contributed by atoms with van der Waals surface area (Å²) in [6, 6.07) is 0. The Kier molecular flexibility index (Phi) is 4.93. The van der Waals surface area contributed by atoms with Crippen LogP contribution in [0.2, 0.25) is 0 Å². The van der Waals surface area contributed by atoms with Gasteiger partial charge >= 0.3 is 0 Å². The van der Waals surface area contributed by atoms with Gasteiger partial charge in [0.2, 0.25) is 0 Å². The van der Waals surface area contributed by atoms with Crippen LogP contribution in [-0.2, 0) is 9.59 Å². The number of hydrogen-bond donors (Lipinski definition) is 1. The number of thiocarbonyl (C=S) groups is 1. The van der Waals surface area contributed by atoms with Crippen molar-refractivity contribution in [2.45, 2.75) is 27.2 Å². The van der Waals surface area contributed by atoms with E-state index in [-0.39, 0.29) is 17.3 Å². The molecular formula is C8H13N3O2S. The van der Waals surface area contributed by atoms with Crippen molar-refractivity contribution in [2.75, 3.05) is 0 Å². The van der Waals surface area contributed by atoms with E-state index in [9.17, 15) is 9.59 Å². The number of Topliss-reactive ketones (excluding diaryl/α,β-unsaturated/α-hetero) is 1. The molecule has 0 aliphatic carbocycles. The molecule has 0 radical (unpaired) electrons. The van der Waals surface area contributed by atoms with E-state index in [4.69, 9.17) is 5.73 Å². The summed E-state index contributed by atoms with van der Waals surface area (Å²) in [5, 5.41) is 4.52. The lowest BCUT2D eigenvalue weighted by atomic mass is 10.3. The average molecular weight is 215 g/mol. The third kappa shape index (κ3) is 4.66. The second kappa shape index (κ2) is 5.43. The molecule has 0 unspecified atom stereocenters. The van der Waals surface area contributed by atoms with E-state index in [1.807, 2.05) is 0 Å². The second-order valence-electron chi connectivity index (χ2n) is 2.97. The van der Waals surface area contributed by atoms with Gasteiger partial charge in [-0.2, -0.15) is 10.1 Å². The minimum Gasteiger partial charge on any atom is -0.374 e. The zero-order valence-electron chi connectivity index (χ0n) is 8.40. The summed E-state index contributed by atoms with van der Waals surface area (Å²) in [5.41, 5.74) is 5.91. The Morgan fingerprint density at radius 2 is 1.86 bits per heavy atom. The molecule has 78 valence electrons. The molecule has 0 rings (SSSR count). The standard InChI is InChI=1S/C8H13N3O2S/c1-5(2)10-11(8(9)14)7(13)4-6(3)12/h4H2,1-3H3,(H2,9,14). The predicted octanol–water partition coefficient (Wildman–Crippen LogP) is 0.434. The summed E-state index contributed by atoms with van der Waals surface area (Å²) in [6.07, 6.45) is -0.242. The van der Waals surface area contributed by atoms with Crippen LogP contribution in [0.25, 0.3) is 0 Å². The van der Waals surface area contributed by atoms with Gasteiger partial charge in [0.25, 0.3) is 5.91 Å². The third-order valence-electron chi connectivity index (χ3n) is 1.15. The smallest absolute Gasteiger partial charge is 0.256 e. The molecule has 1 amide bonds. The molecule has 6 heteroatoms. The Balaban J connectivity index is 4.67. The highest BCUT2D eigenvalue weighted by molar-refractivity contribution is 7.80. The zero-order valence-corrected chi connectivity index (χ0v) is 9.22. The molecule has 0 aromatic carbocycles. The summed E-state index contributed by atoms with van der Waals surface area (Å²) in [5.74, 6) is -0.758. The molecule has 5 nitrogen and oxygen atoms in total. The molecule has 0 aromatic rings. The maximum Gasteiger partial charge on any atom is 0.256 e. The molecule has 14 heavy (non-hydrogen) atoms. The fraction of sp³-hybridized carbons (Fsp3) is 0.500. The van der Waals surface area contributed by atoms with Gasteiger partial charge in [0, 0.05) is 5.71 Å². The van der Waals surface area contributed by atoms with Gasteiger partial charge < -0.3 is 5.73 Å². The van der Waals surface area contributed by atoms with Gasteiger partial charge in [-0.3, -0.25) is 9.59 Å². The molecule has 0 saturated heterocycles. The highest BCUT2D eigenvalue weighted by Crippen LogP contribution is 1.97. The monoisotopic (exact) mass is 215 g/mol. The Morgan fingerprint density at radius 3 is 2.14 bits per heavy atom. The maximum absolute atomic E-state index is 11.4. The number of hydrogen-bond acceptors (Lipinski definition) is 4. The molecule has 0 atom stereocenters. The number of amides is 1. The Bertz CT molecular complexity index is 295. The molecule has 0 spiro atoms. The van der Waals surface area contributed by atoms with Crippen molar-refractivity contribution >= 4 is 34.7 Å². The van der Waals surface area contributed by atoms with Crippen LogP contribution in [0.3, 0.4) is 0 Å². The fourth-order valence-electron chi connectivity index (χ4n) is 0.716. The van der Waals surface area contributed by atoms with Crippen LogP contribution < -0.4 is 5.73 Å². The summed E-state index contributed by atoms with van der Waals surface area (Å²) in [4.78, 5) is 22.0. The molecule has 0 aliphatic rings. The van der Waals surface area contributed by atoms with Gasteiger partial charge in [0.1, 0.15) is 5.78 Å². The molecule has 2 N–H and O–H groups in total. The van der Waals surface area contributed by atoms with Gasteiger partial charge in [-0.1, -0.05) is 0 Å². The molecule has 0 bridgehead atoms. The largest absolute Gasteiger partial charge is 0.374 e. The summed E-state index contributed by atoms with van der Waals surface area (Å²) >= 11 is 4.63. The first-order valence-electron chi connectivity index (χ1n) is 3.98. The van der Waals surface area contributed by atoms with Gasteiger partial charge in [0.05, 0.1) is 6.42 Å². The molecule has 0 heterocycles. The van der Waals surface area contributed by atoms with Crippen LogP contribution >= 0.6 is 12.2 Å². The number of nitrogens with two attached hydrogens (primary N) is 1. The van der Waals surface area contributed by atoms with Crippen LogP contribution in [0.5, 0.6) is 0 Å². The van der Waals surface area contributed by atoms with Gasteiger partial charge in [-0.25, -0.2) is 0 Å².